The lowest BCUT2D eigenvalue weighted by atomic mass is 10.1. The molecule has 3 rings (SSSR count). The van der Waals surface area contributed by atoms with Gasteiger partial charge in [0, 0.05) is 30.9 Å². The number of carbonyl (C=O) groups excluding carboxylic acids is 1. The van der Waals surface area contributed by atoms with Gasteiger partial charge in [0.1, 0.15) is 5.82 Å². The van der Waals surface area contributed by atoms with E-state index in [1.807, 2.05) is 26.0 Å². The van der Waals surface area contributed by atoms with E-state index in [-0.39, 0.29) is 17.3 Å². The zero-order valence-electron chi connectivity index (χ0n) is 19.2. The quantitative estimate of drug-likeness (QED) is 0.276. The third-order valence-electron chi connectivity index (χ3n) is 5.64. The van der Waals surface area contributed by atoms with Crippen molar-refractivity contribution in [1.82, 2.24) is 14.5 Å². The monoisotopic (exact) mass is 451 g/mol. The summed E-state index contributed by atoms with van der Waals surface area (Å²) < 4.78 is 1.61. The molecule has 0 aliphatic heterocycles. The number of non-ortho nitro benzene ring substituents is 1. The molecular formula is C24H29N5O4. The number of hydrogen-bond donors (Lipinski definition) is 1. The zero-order valence-corrected chi connectivity index (χ0v) is 19.2. The minimum absolute atomic E-state index is 0.0477. The maximum Gasteiger partial charge on any atom is 0.322 e. The highest BCUT2D eigenvalue weighted by Crippen LogP contribution is 2.23. The lowest BCUT2D eigenvalue weighted by molar-refractivity contribution is -0.384. The molecule has 0 bridgehead atoms. The van der Waals surface area contributed by atoms with Crippen LogP contribution < -0.4 is 10.9 Å². The SMILES string of the molecule is CCCCCN(C(=O)Nc1ccc([N+](=O)[O-])cc1)C(C)c1nc2ccccc2c(=O)n1CC. The molecule has 1 aromatic heterocycles. The van der Waals surface area contributed by atoms with Crippen LogP contribution in [-0.2, 0) is 6.54 Å². The molecule has 1 heterocycles. The van der Waals surface area contributed by atoms with Crippen LogP contribution in [0.2, 0.25) is 0 Å². The molecule has 0 spiro atoms. The summed E-state index contributed by atoms with van der Waals surface area (Å²) in [5, 5.41) is 14.3. The number of anilines is 1. The van der Waals surface area contributed by atoms with Crippen LogP contribution in [-0.4, -0.2) is 32.0 Å². The van der Waals surface area contributed by atoms with Gasteiger partial charge in [0.25, 0.3) is 11.2 Å². The van der Waals surface area contributed by atoms with Crippen LogP contribution in [0.4, 0.5) is 16.2 Å². The number of nitro benzene ring substituents is 1. The molecule has 0 aliphatic carbocycles. The van der Waals surface area contributed by atoms with E-state index in [9.17, 15) is 19.7 Å². The van der Waals surface area contributed by atoms with Crippen molar-refractivity contribution >= 4 is 28.3 Å². The van der Waals surface area contributed by atoms with Gasteiger partial charge in [-0.05, 0) is 44.5 Å². The van der Waals surface area contributed by atoms with Crippen molar-refractivity contribution in [1.29, 1.82) is 0 Å². The Kier molecular flexibility index (Phi) is 7.76. The summed E-state index contributed by atoms with van der Waals surface area (Å²) in [7, 11) is 0. The number of urea groups is 1. The van der Waals surface area contributed by atoms with Crippen LogP contribution in [0, 0.1) is 10.1 Å². The minimum Gasteiger partial charge on any atom is -0.315 e. The second-order valence-electron chi connectivity index (χ2n) is 7.85. The number of amides is 2. The molecule has 1 N–H and O–H groups in total. The largest absolute Gasteiger partial charge is 0.322 e. The molecule has 0 radical (unpaired) electrons. The first-order valence-corrected chi connectivity index (χ1v) is 11.2. The Morgan fingerprint density at radius 1 is 1.15 bits per heavy atom. The predicted molar refractivity (Wildman–Crippen MR) is 128 cm³/mol. The van der Waals surface area contributed by atoms with E-state index in [4.69, 9.17) is 4.98 Å². The molecule has 174 valence electrons. The summed E-state index contributed by atoms with van der Waals surface area (Å²) in [5.41, 5.74) is 0.874. The topological polar surface area (TPSA) is 110 Å². The molecule has 1 atom stereocenters. The summed E-state index contributed by atoms with van der Waals surface area (Å²) >= 11 is 0. The molecule has 9 nitrogen and oxygen atoms in total. The summed E-state index contributed by atoms with van der Waals surface area (Å²) in [4.78, 5) is 43.1. The third kappa shape index (κ3) is 5.36. The number of hydrogen-bond acceptors (Lipinski definition) is 5. The van der Waals surface area contributed by atoms with Crippen LogP contribution in [0.15, 0.2) is 53.3 Å². The molecule has 2 amide bonds. The molecule has 0 fully saturated rings. The van der Waals surface area contributed by atoms with Crippen molar-refractivity contribution < 1.29 is 9.72 Å². The summed E-state index contributed by atoms with van der Waals surface area (Å²) in [6, 6.07) is 12.1. The molecule has 2 aromatic carbocycles. The van der Waals surface area contributed by atoms with Gasteiger partial charge < -0.3 is 10.2 Å². The van der Waals surface area contributed by atoms with E-state index in [1.165, 1.54) is 24.3 Å². The van der Waals surface area contributed by atoms with E-state index in [0.29, 0.717) is 35.5 Å². The van der Waals surface area contributed by atoms with Crippen molar-refractivity contribution in [3.8, 4) is 0 Å². The average molecular weight is 452 g/mol. The number of unbranched alkanes of at least 4 members (excludes halogenated alkanes) is 2. The van der Waals surface area contributed by atoms with E-state index >= 15 is 0 Å². The highest BCUT2D eigenvalue weighted by Gasteiger charge is 2.26. The normalized spacial score (nSPS) is 11.8. The fourth-order valence-electron chi connectivity index (χ4n) is 3.81. The Morgan fingerprint density at radius 2 is 1.85 bits per heavy atom. The first-order chi connectivity index (χ1) is 15.9. The first-order valence-electron chi connectivity index (χ1n) is 11.2. The van der Waals surface area contributed by atoms with Gasteiger partial charge in [-0.3, -0.25) is 19.5 Å². The number of nitrogens with one attached hydrogen (secondary N) is 1. The molecule has 1 unspecified atom stereocenters. The van der Waals surface area contributed by atoms with Gasteiger partial charge in [0.2, 0.25) is 0 Å². The van der Waals surface area contributed by atoms with Crippen molar-refractivity contribution in [2.24, 2.45) is 0 Å². The summed E-state index contributed by atoms with van der Waals surface area (Å²) in [5.74, 6) is 0.525. The molecule has 9 heteroatoms. The number of nitro groups is 1. The standard InChI is InChI=1S/C24H29N5O4/c1-4-6-9-16-28(24(31)25-18-12-14-19(15-13-18)29(32)33)17(3)22-26-21-11-8-7-10-20(21)23(30)27(22)5-2/h7-8,10-15,17H,4-6,9,16H2,1-3H3,(H,25,31). The van der Waals surface area contributed by atoms with E-state index in [0.717, 1.165) is 19.3 Å². The van der Waals surface area contributed by atoms with Crippen LogP contribution in [0.5, 0.6) is 0 Å². The molecule has 0 saturated carbocycles. The van der Waals surface area contributed by atoms with Crippen LogP contribution in [0.3, 0.4) is 0 Å². The smallest absolute Gasteiger partial charge is 0.315 e. The number of rotatable bonds is 9. The maximum absolute atomic E-state index is 13.3. The minimum atomic E-state index is -0.486. The average Bonchev–Trinajstić information content (AvgIpc) is 2.81. The Labute approximate surface area is 192 Å². The number of fused-ring (bicyclic) bond motifs is 1. The van der Waals surface area contributed by atoms with Crippen LogP contribution >= 0.6 is 0 Å². The number of carbonyl (C=O) groups is 1. The number of benzene rings is 2. The number of aromatic nitrogens is 2. The Hall–Kier alpha value is -3.75. The molecule has 0 saturated heterocycles. The van der Waals surface area contributed by atoms with E-state index in [2.05, 4.69) is 12.2 Å². The van der Waals surface area contributed by atoms with Crippen molar-refractivity contribution in [3.63, 3.8) is 0 Å². The van der Waals surface area contributed by atoms with Crippen molar-refractivity contribution in [2.75, 3.05) is 11.9 Å². The molecule has 0 aliphatic rings. The van der Waals surface area contributed by atoms with Crippen LogP contribution in [0.25, 0.3) is 10.9 Å². The second-order valence-corrected chi connectivity index (χ2v) is 7.85. The molecule has 33 heavy (non-hydrogen) atoms. The van der Waals surface area contributed by atoms with Gasteiger partial charge in [0.05, 0.1) is 21.9 Å². The van der Waals surface area contributed by atoms with Crippen LogP contribution in [0.1, 0.15) is 51.9 Å². The van der Waals surface area contributed by atoms with E-state index in [1.54, 1.807) is 21.6 Å². The highest BCUT2D eigenvalue weighted by molar-refractivity contribution is 5.89. The summed E-state index contributed by atoms with van der Waals surface area (Å²) in [6.07, 6.45) is 2.76. The zero-order chi connectivity index (χ0) is 24.0. The Balaban J connectivity index is 1.95. The number of nitrogens with zero attached hydrogens (tertiary/aromatic N) is 4. The lowest BCUT2D eigenvalue weighted by Gasteiger charge is -2.30. The van der Waals surface area contributed by atoms with E-state index < -0.39 is 11.0 Å². The Bertz CT molecular complexity index is 1190. The summed E-state index contributed by atoms with van der Waals surface area (Å²) in [6.45, 7) is 6.75. The molecular weight excluding hydrogens is 422 g/mol. The van der Waals surface area contributed by atoms with Gasteiger partial charge in [-0.15, -0.1) is 0 Å². The Morgan fingerprint density at radius 3 is 2.48 bits per heavy atom. The van der Waals surface area contributed by atoms with Crippen molar-refractivity contribution in [3.05, 3.63) is 74.8 Å². The lowest BCUT2D eigenvalue weighted by Crippen LogP contribution is -2.40. The van der Waals surface area contributed by atoms with Gasteiger partial charge in [-0.25, -0.2) is 9.78 Å². The fraction of sp³-hybridized carbons (Fsp3) is 0.375. The number of para-hydroxylation sites is 1. The van der Waals surface area contributed by atoms with Gasteiger partial charge >= 0.3 is 6.03 Å². The second kappa shape index (κ2) is 10.7. The van der Waals surface area contributed by atoms with Gasteiger partial charge in [0.15, 0.2) is 0 Å². The van der Waals surface area contributed by atoms with Gasteiger partial charge in [-0.1, -0.05) is 31.9 Å². The maximum atomic E-state index is 13.3. The first kappa shape index (κ1) is 23.9. The van der Waals surface area contributed by atoms with Gasteiger partial charge in [-0.2, -0.15) is 0 Å². The fourth-order valence-corrected chi connectivity index (χ4v) is 3.81. The third-order valence-corrected chi connectivity index (χ3v) is 5.64. The molecule has 3 aromatic rings. The predicted octanol–water partition coefficient (Wildman–Crippen LogP) is 5.11. The van der Waals surface area contributed by atoms with Crippen molar-refractivity contribution in [2.45, 2.75) is 52.6 Å². The highest BCUT2D eigenvalue weighted by atomic mass is 16.6.